The number of para-hydroxylation sites is 1. The predicted octanol–water partition coefficient (Wildman–Crippen LogP) is 5.49. The largest absolute Gasteiger partial charge is 0.338 e. The SMILES string of the molecule is Cc1ccccc1N/C(=N/C#N)N1CCN(C(=O)Nc2ccc(Cl)cc2)C(c2ccccc2)C1. The van der Waals surface area contributed by atoms with Gasteiger partial charge in [0.2, 0.25) is 12.2 Å². The van der Waals surface area contributed by atoms with Gasteiger partial charge in [0.05, 0.1) is 6.04 Å². The number of hydrogen-bond acceptors (Lipinski definition) is 3. The minimum Gasteiger partial charge on any atom is -0.338 e. The number of guanidine groups is 1. The third-order valence-electron chi connectivity index (χ3n) is 5.77. The van der Waals surface area contributed by atoms with Crippen LogP contribution in [0.2, 0.25) is 5.02 Å². The molecule has 1 heterocycles. The lowest BCUT2D eigenvalue weighted by Crippen LogP contribution is -2.54. The molecular formula is C26H25ClN6O. The zero-order chi connectivity index (χ0) is 23.9. The summed E-state index contributed by atoms with van der Waals surface area (Å²) in [5.41, 5.74) is 3.62. The summed E-state index contributed by atoms with van der Waals surface area (Å²) in [7, 11) is 0. The second-order valence-corrected chi connectivity index (χ2v) is 8.41. The molecule has 0 saturated carbocycles. The average Bonchev–Trinajstić information content (AvgIpc) is 2.86. The maximum Gasteiger partial charge on any atom is 0.322 e. The number of nitriles is 1. The number of benzene rings is 3. The Hall–Kier alpha value is -4.02. The van der Waals surface area contributed by atoms with E-state index in [0.717, 1.165) is 16.8 Å². The maximum atomic E-state index is 13.2. The highest BCUT2D eigenvalue weighted by atomic mass is 35.5. The van der Waals surface area contributed by atoms with E-state index < -0.39 is 0 Å². The number of nitrogens with one attached hydrogen (secondary N) is 2. The number of amides is 2. The lowest BCUT2D eigenvalue weighted by molar-refractivity contribution is 0.136. The number of aliphatic imine (C=N–C) groups is 1. The van der Waals surface area contributed by atoms with E-state index in [0.29, 0.717) is 36.3 Å². The van der Waals surface area contributed by atoms with Crippen molar-refractivity contribution in [2.24, 2.45) is 4.99 Å². The Morgan fingerprint density at radius 2 is 1.71 bits per heavy atom. The van der Waals surface area contributed by atoms with E-state index in [4.69, 9.17) is 11.6 Å². The summed E-state index contributed by atoms with van der Waals surface area (Å²) in [5, 5.41) is 16.2. The van der Waals surface area contributed by atoms with Crippen LogP contribution in [0, 0.1) is 18.4 Å². The highest BCUT2D eigenvalue weighted by Crippen LogP contribution is 2.27. The third kappa shape index (κ3) is 5.48. The Balaban J connectivity index is 1.57. The van der Waals surface area contributed by atoms with Gasteiger partial charge >= 0.3 is 6.03 Å². The molecule has 1 fully saturated rings. The van der Waals surface area contributed by atoms with Gasteiger partial charge in [-0.2, -0.15) is 5.26 Å². The van der Waals surface area contributed by atoms with E-state index in [2.05, 4.69) is 15.6 Å². The van der Waals surface area contributed by atoms with Gasteiger partial charge in [-0.15, -0.1) is 4.99 Å². The summed E-state index contributed by atoms with van der Waals surface area (Å²) in [5.74, 6) is 0.468. The van der Waals surface area contributed by atoms with E-state index in [-0.39, 0.29) is 12.1 Å². The summed E-state index contributed by atoms with van der Waals surface area (Å²) in [6.45, 7) is 3.46. The molecule has 8 heteroatoms. The van der Waals surface area contributed by atoms with Crippen LogP contribution in [0.1, 0.15) is 17.2 Å². The first-order valence-electron chi connectivity index (χ1n) is 11.0. The van der Waals surface area contributed by atoms with Crippen LogP contribution in [0.3, 0.4) is 0 Å². The number of aryl methyl sites for hydroxylation is 1. The van der Waals surface area contributed by atoms with Gasteiger partial charge in [0.15, 0.2) is 0 Å². The monoisotopic (exact) mass is 472 g/mol. The fraction of sp³-hybridized carbons (Fsp3) is 0.192. The number of hydrogen-bond donors (Lipinski definition) is 2. The van der Waals surface area contributed by atoms with Crippen LogP contribution in [0.15, 0.2) is 83.9 Å². The van der Waals surface area contributed by atoms with Gasteiger partial charge < -0.3 is 20.4 Å². The highest BCUT2D eigenvalue weighted by Gasteiger charge is 2.33. The van der Waals surface area contributed by atoms with Gasteiger partial charge in [-0.3, -0.25) is 0 Å². The van der Waals surface area contributed by atoms with Crippen molar-refractivity contribution in [1.82, 2.24) is 9.80 Å². The van der Waals surface area contributed by atoms with Crippen molar-refractivity contribution in [3.05, 3.63) is 95.0 Å². The van der Waals surface area contributed by atoms with Crippen LogP contribution < -0.4 is 10.6 Å². The Morgan fingerprint density at radius 1 is 1.00 bits per heavy atom. The minimum absolute atomic E-state index is 0.193. The number of carbonyl (C=O) groups is 1. The number of urea groups is 1. The molecule has 2 amide bonds. The molecule has 1 aliphatic heterocycles. The minimum atomic E-state index is -0.232. The van der Waals surface area contributed by atoms with Crippen molar-refractivity contribution in [3.8, 4) is 6.19 Å². The van der Waals surface area contributed by atoms with E-state index in [1.54, 1.807) is 24.3 Å². The fourth-order valence-corrected chi connectivity index (χ4v) is 4.09. The number of carbonyl (C=O) groups excluding carboxylic acids is 1. The lowest BCUT2D eigenvalue weighted by atomic mass is 10.0. The second kappa shape index (κ2) is 10.7. The van der Waals surface area contributed by atoms with Crippen molar-refractivity contribution < 1.29 is 4.79 Å². The number of nitrogens with zero attached hydrogens (tertiary/aromatic N) is 4. The van der Waals surface area contributed by atoms with Gasteiger partial charge in [0.25, 0.3) is 0 Å². The third-order valence-corrected chi connectivity index (χ3v) is 6.02. The number of piperazine rings is 1. The van der Waals surface area contributed by atoms with Crippen molar-refractivity contribution >= 4 is 35.0 Å². The summed E-state index contributed by atoms with van der Waals surface area (Å²) in [6.07, 6.45) is 1.91. The van der Waals surface area contributed by atoms with Crippen LogP contribution in [0.4, 0.5) is 16.2 Å². The topological polar surface area (TPSA) is 83.8 Å². The molecule has 7 nitrogen and oxygen atoms in total. The van der Waals surface area contributed by atoms with E-state index >= 15 is 0 Å². The van der Waals surface area contributed by atoms with E-state index in [1.165, 1.54) is 0 Å². The van der Waals surface area contributed by atoms with E-state index in [9.17, 15) is 10.1 Å². The van der Waals surface area contributed by atoms with Gasteiger partial charge in [0.1, 0.15) is 0 Å². The van der Waals surface area contributed by atoms with Crippen LogP contribution in [-0.4, -0.2) is 41.4 Å². The Morgan fingerprint density at radius 3 is 2.41 bits per heavy atom. The summed E-state index contributed by atoms with van der Waals surface area (Å²) >= 11 is 5.97. The Labute approximate surface area is 204 Å². The predicted molar refractivity (Wildman–Crippen MR) is 136 cm³/mol. The molecule has 34 heavy (non-hydrogen) atoms. The number of rotatable bonds is 3. The fourth-order valence-electron chi connectivity index (χ4n) is 3.97. The van der Waals surface area contributed by atoms with Crippen LogP contribution in [0.25, 0.3) is 0 Å². The molecule has 0 radical (unpaired) electrons. The van der Waals surface area contributed by atoms with Crippen molar-refractivity contribution in [2.45, 2.75) is 13.0 Å². The molecule has 0 aromatic heterocycles. The molecule has 1 unspecified atom stereocenters. The van der Waals surface area contributed by atoms with Crippen molar-refractivity contribution in [3.63, 3.8) is 0 Å². The number of halogens is 1. The molecule has 3 aromatic rings. The first-order chi connectivity index (χ1) is 16.5. The summed E-state index contributed by atoms with van der Waals surface area (Å²) < 4.78 is 0. The maximum absolute atomic E-state index is 13.2. The molecule has 0 spiro atoms. The highest BCUT2D eigenvalue weighted by molar-refractivity contribution is 6.30. The smallest absolute Gasteiger partial charge is 0.322 e. The molecule has 0 aliphatic carbocycles. The molecular weight excluding hydrogens is 448 g/mol. The molecule has 1 atom stereocenters. The van der Waals surface area contributed by atoms with Crippen LogP contribution in [0.5, 0.6) is 0 Å². The first kappa shape index (κ1) is 23.1. The lowest BCUT2D eigenvalue weighted by Gasteiger charge is -2.42. The van der Waals surface area contributed by atoms with E-state index in [1.807, 2.05) is 77.5 Å². The summed E-state index contributed by atoms with van der Waals surface area (Å²) in [6, 6.07) is 24.3. The molecule has 0 bridgehead atoms. The number of anilines is 2. The zero-order valence-electron chi connectivity index (χ0n) is 18.8. The molecule has 4 rings (SSSR count). The van der Waals surface area contributed by atoms with Crippen molar-refractivity contribution in [1.29, 1.82) is 5.26 Å². The van der Waals surface area contributed by atoms with Gasteiger partial charge in [-0.05, 0) is 48.4 Å². The van der Waals surface area contributed by atoms with Gasteiger partial charge in [0, 0.05) is 36.0 Å². The molecule has 2 N–H and O–H groups in total. The summed E-state index contributed by atoms with van der Waals surface area (Å²) in [4.78, 5) is 21.1. The molecule has 1 saturated heterocycles. The standard InChI is InChI=1S/C26H25ClN6O/c1-19-7-5-6-10-23(19)31-25(29-18-28)32-15-16-33(24(17-32)20-8-3-2-4-9-20)26(34)30-22-13-11-21(27)12-14-22/h2-14,24H,15-17H2,1H3,(H,29,31)(H,30,34). The normalized spacial score (nSPS) is 16.0. The molecule has 3 aromatic carbocycles. The Bertz CT molecular complexity index is 1210. The quantitative estimate of drug-likeness (QED) is 0.300. The van der Waals surface area contributed by atoms with Crippen LogP contribution in [-0.2, 0) is 0 Å². The average molecular weight is 473 g/mol. The van der Waals surface area contributed by atoms with Crippen LogP contribution >= 0.6 is 11.6 Å². The van der Waals surface area contributed by atoms with Gasteiger partial charge in [-0.25, -0.2) is 4.79 Å². The second-order valence-electron chi connectivity index (χ2n) is 7.98. The Kier molecular flexibility index (Phi) is 7.31. The van der Waals surface area contributed by atoms with Gasteiger partial charge in [-0.1, -0.05) is 60.1 Å². The first-order valence-corrected chi connectivity index (χ1v) is 11.4. The zero-order valence-corrected chi connectivity index (χ0v) is 19.5. The molecule has 1 aliphatic rings. The molecule has 172 valence electrons. The van der Waals surface area contributed by atoms with Crippen molar-refractivity contribution in [2.75, 3.05) is 30.3 Å².